The van der Waals surface area contributed by atoms with E-state index >= 15 is 0 Å². The fraction of sp³-hybridized carbons (Fsp3) is 0.750. The third-order valence-corrected chi connectivity index (χ3v) is 3.45. The van der Waals surface area contributed by atoms with Gasteiger partial charge in [0.2, 0.25) is 0 Å². The molecule has 0 radical (unpaired) electrons. The Balaban J connectivity index is 2.25. The van der Waals surface area contributed by atoms with Crippen LogP contribution in [0.25, 0.3) is 0 Å². The van der Waals surface area contributed by atoms with Crippen LogP contribution in [-0.4, -0.2) is 22.3 Å². The molecule has 1 aliphatic rings. The van der Waals surface area contributed by atoms with Crippen LogP contribution in [0, 0.1) is 5.92 Å². The number of hydrogen-bond acceptors (Lipinski definition) is 3. The lowest BCUT2D eigenvalue weighted by atomic mass is 10.0. The molecular formula is C12H21N3O. The topological polar surface area (TPSA) is 53.1 Å². The van der Waals surface area contributed by atoms with Crippen molar-refractivity contribution in [1.82, 2.24) is 9.55 Å². The molecular weight excluding hydrogens is 202 g/mol. The number of imidazole rings is 1. The zero-order valence-electron chi connectivity index (χ0n) is 10.3. The van der Waals surface area contributed by atoms with Crippen molar-refractivity contribution in [1.29, 1.82) is 0 Å². The molecule has 0 bridgehead atoms. The summed E-state index contributed by atoms with van der Waals surface area (Å²) in [5, 5.41) is 0. The van der Waals surface area contributed by atoms with Gasteiger partial charge in [0.05, 0.1) is 24.2 Å². The highest BCUT2D eigenvalue weighted by Crippen LogP contribution is 2.29. The van der Waals surface area contributed by atoms with E-state index in [-0.39, 0.29) is 12.1 Å². The second-order valence-corrected chi connectivity index (χ2v) is 4.93. The molecule has 90 valence electrons. The Morgan fingerprint density at radius 2 is 2.31 bits per heavy atom. The molecule has 4 heteroatoms. The summed E-state index contributed by atoms with van der Waals surface area (Å²) in [4.78, 5) is 4.23. The second-order valence-electron chi connectivity index (χ2n) is 4.93. The van der Waals surface area contributed by atoms with Crippen molar-refractivity contribution < 1.29 is 4.74 Å². The average molecular weight is 223 g/mol. The number of rotatable bonds is 3. The van der Waals surface area contributed by atoms with E-state index in [0.29, 0.717) is 12.0 Å². The smallest absolute Gasteiger partial charge is 0.0952 e. The van der Waals surface area contributed by atoms with E-state index in [0.717, 1.165) is 18.7 Å². The minimum atomic E-state index is 0.0512. The van der Waals surface area contributed by atoms with Gasteiger partial charge in [-0.25, -0.2) is 4.98 Å². The predicted molar refractivity (Wildman–Crippen MR) is 63.1 cm³/mol. The van der Waals surface area contributed by atoms with Crippen molar-refractivity contribution in [3.05, 3.63) is 18.2 Å². The quantitative estimate of drug-likeness (QED) is 0.851. The van der Waals surface area contributed by atoms with Crippen molar-refractivity contribution >= 4 is 0 Å². The van der Waals surface area contributed by atoms with Crippen LogP contribution in [0.15, 0.2) is 12.5 Å². The Morgan fingerprint density at radius 3 is 2.88 bits per heavy atom. The Hall–Kier alpha value is -0.870. The lowest BCUT2D eigenvalue weighted by Gasteiger charge is -2.23. The first-order valence-electron chi connectivity index (χ1n) is 6.00. The predicted octanol–water partition coefficient (Wildman–Crippen LogP) is 1.89. The molecule has 16 heavy (non-hydrogen) atoms. The number of aromatic nitrogens is 2. The van der Waals surface area contributed by atoms with Gasteiger partial charge in [-0.2, -0.15) is 0 Å². The van der Waals surface area contributed by atoms with Crippen LogP contribution in [0.2, 0.25) is 0 Å². The standard InChI is InChI=1S/C12H21N3O/c1-8(2)12(13)11-6-14-7-15(11)10-4-5-16-9(10)3/h6-10,12H,4-5,13H2,1-3H3. The zero-order chi connectivity index (χ0) is 11.7. The Labute approximate surface area is 96.8 Å². The molecule has 3 atom stereocenters. The highest BCUT2D eigenvalue weighted by Gasteiger charge is 2.28. The monoisotopic (exact) mass is 223 g/mol. The zero-order valence-corrected chi connectivity index (χ0v) is 10.3. The summed E-state index contributed by atoms with van der Waals surface area (Å²) in [6.45, 7) is 7.22. The van der Waals surface area contributed by atoms with E-state index < -0.39 is 0 Å². The molecule has 0 aromatic carbocycles. The van der Waals surface area contributed by atoms with Crippen LogP contribution in [0.1, 0.15) is 45.0 Å². The molecule has 1 aromatic rings. The summed E-state index contributed by atoms with van der Waals surface area (Å²) in [5.74, 6) is 0.424. The molecule has 0 amide bonds. The van der Waals surface area contributed by atoms with E-state index in [9.17, 15) is 0 Å². The summed E-state index contributed by atoms with van der Waals surface area (Å²) in [5.41, 5.74) is 7.32. The maximum absolute atomic E-state index is 6.19. The van der Waals surface area contributed by atoms with E-state index in [1.807, 2.05) is 12.5 Å². The van der Waals surface area contributed by atoms with Gasteiger partial charge in [-0.15, -0.1) is 0 Å². The molecule has 2 rings (SSSR count). The highest BCUT2D eigenvalue weighted by molar-refractivity contribution is 5.08. The minimum Gasteiger partial charge on any atom is -0.376 e. The SMILES string of the molecule is CC(C)C(N)c1cncn1C1CCOC1C. The summed E-state index contributed by atoms with van der Waals surface area (Å²) in [6, 6.07) is 0.442. The number of nitrogens with zero attached hydrogens (tertiary/aromatic N) is 2. The molecule has 0 spiro atoms. The Kier molecular flexibility index (Phi) is 3.30. The molecule has 0 aliphatic carbocycles. The Morgan fingerprint density at radius 1 is 1.56 bits per heavy atom. The van der Waals surface area contributed by atoms with Crippen LogP contribution in [0.4, 0.5) is 0 Å². The molecule has 1 saturated heterocycles. The van der Waals surface area contributed by atoms with E-state index in [4.69, 9.17) is 10.5 Å². The van der Waals surface area contributed by atoms with Gasteiger partial charge >= 0.3 is 0 Å². The van der Waals surface area contributed by atoms with Gasteiger partial charge in [0.15, 0.2) is 0 Å². The minimum absolute atomic E-state index is 0.0512. The van der Waals surface area contributed by atoms with Gasteiger partial charge in [-0.05, 0) is 19.3 Å². The third kappa shape index (κ3) is 1.99. The van der Waals surface area contributed by atoms with Crippen LogP contribution in [0.5, 0.6) is 0 Å². The van der Waals surface area contributed by atoms with Crippen molar-refractivity contribution in [2.24, 2.45) is 11.7 Å². The van der Waals surface area contributed by atoms with Gasteiger partial charge in [0.1, 0.15) is 0 Å². The van der Waals surface area contributed by atoms with Crippen LogP contribution in [-0.2, 0) is 4.74 Å². The Bertz CT molecular complexity index is 348. The molecule has 1 aromatic heterocycles. The number of nitrogens with two attached hydrogens (primary N) is 1. The first-order chi connectivity index (χ1) is 7.61. The van der Waals surface area contributed by atoms with Crippen molar-refractivity contribution in [2.75, 3.05) is 6.61 Å². The van der Waals surface area contributed by atoms with Crippen molar-refractivity contribution in [3.8, 4) is 0 Å². The highest BCUT2D eigenvalue weighted by atomic mass is 16.5. The van der Waals surface area contributed by atoms with E-state index in [2.05, 4.69) is 30.3 Å². The molecule has 2 N–H and O–H groups in total. The van der Waals surface area contributed by atoms with Gasteiger partial charge < -0.3 is 15.0 Å². The molecule has 1 aliphatic heterocycles. The molecule has 3 unspecified atom stereocenters. The first-order valence-corrected chi connectivity index (χ1v) is 6.00. The second kappa shape index (κ2) is 4.55. The first kappa shape index (κ1) is 11.6. The summed E-state index contributed by atoms with van der Waals surface area (Å²) >= 11 is 0. The number of hydrogen-bond donors (Lipinski definition) is 1. The summed E-state index contributed by atoms with van der Waals surface area (Å²) in [7, 11) is 0. The maximum Gasteiger partial charge on any atom is 0.0952 e. The van der Waals surface area contributed by atoms with Gasteiger partial charge in [-0.3, -0.25) is 0 Å². The third-order valence-electron chi connectivity index (χ3n) is 3.45. The average Bonchev–Trinajstić information content (AvgIpc) is 2.84. The van der Waals surface area contributed by atoms with Crippen LogP contribution in [0.3, 0.4) is 0 Å². The summed E-state index contributed by atoms with van der Waals surface area (Å²) in [6.07, 6.45) is 5.07. The van der Waals surface area contributed by atoms with Gasteiger partial charge in [0, 0.05) is 18.8 Å². The normalized spacial score (nSPS) is 27.6. The van der Waals surface area contributed by atoms with E-state index in [1.165, 1.54) is 0 Å². The lowest BCUT2D eigenvalue weighted by Crippen LogP contribution is -2.25. The maximum atomic E-state index is 6.19. The van der Waals surface area contributed by atoms with E-state index in [1.54, 1.807) is 0 Å². The largest absolute Gasteiger partial charge is 0.376 e. The fourth-order valence-corrected chi connectivity index (χ4v) is 2.28. The molecule has 1 fully saturated rings. The lowest BCUT2D eigenvalue weighted by molar-refractivity contribution is 0.107. The van der Waals surface area contributed by atoms with Crippen LogP contribution >= 0.6 is 0 Å². The van der Waals surface area contributed by atoms with Gasteiger partial charge in [0.25, 0.3) is 0 Å². The van der Waals surface area contributed by atoms with Gasteiger partial charge in [-0.1, -0.05) is 13.8 Å². The van der Waals surface area contributed by atoms with Crippen LogP contribution < -0.4 is 5.73 Å². The fourth-order valence-electron chi connectivity index (χ4n) is 2.28. The molecule has 0 saturated carbocycles. The van der Waals surface area contributed by atoms with Crippen molar-refractivity contribution in [3.63, 3.8) is 0 Å². The number of ether oxygens (including phenoxy) is 1. The van der Waals surface area contributed by atoms with Crippen molar-refractivity contribution in [2.45, 2.75) is 45.4 Å². The molecule has 2 heterocycles. The molecule has 4 nitrogen and oxygen atoms in total. The summed E-state index contributed by atoms with van der Waals surface area (Å²) < 4.78 is 7.79.